The minimum absolute atomic E-state index is 0.233. The van der Waals surface area contributed by atoms with Crippen molar-refractivity contribution in [2.45, 2.75) is 20.4 Å². The van der Waals surface area contributed by atoms with E-state index in [1.54, 1.807) is 37.4 Å². The van der Waals surface area contributed by atoms with Crippen LogP contribution in [-0.2, 0) is 6.54 Å². The number of ether oxygens (including phenoxy) is 2. The molecular formula is C18H20ClNO4. The van der Waals surface area contributed by atoms with Crippen molar-refractivity contribution < 1.29 is 19.4 Å². The number of hydrogen-bond acceptors (Lipinski definition) is 4. The lowest BCUT2D eigenvalue weighted by atomic mass is 10.1. The molecule has 0 unspecified atom stereocenters. The van der Waals surface area contributed by atoms with Gasteiger partial charge in [0.05, 0.1) is 19.3 Å². The molecule has 0 saturated carbocycles. The second-order valence-electron chi connectivity index (χ2n) is 5.22. The molecule has 5 nitrogen and oxygen atoms in total. The first-order valence-corrected chi connectivity index (χ1v) is 7.91. The number of benzene rings is 2. The van der Waals surface area contributed by atoms with Crippen molar-refractivity contribution in [3.63, 3.8) is 0 Å². The van der Waals surface area contributed by atoms with Crippen LogP contribution in [0.4, 0.5) is 5.69 Å². The maximum Gasteiger partial charge on any atom is 0.335 e. The minimum Gasteiger partial charge on any atom is -0.493 e. The topological polar surface area (TPSA) is 67.8 Å². The summed E-state index contributed by atoms with van der Waals surface area (Å²) in [7, 11) is 1.56. The van der Waals surface area contributed by atoms with Crippen LogP contribution in [-0.4, -0.2) is 24.8 Å². The van der Waals surface area contributed by atoms with Gasteiger partial charge in [0.1, 0.15) is 0 Å². The Morgan fingerprint density at radius 1 is 1.29 bits per heavy atom. The van der Waals surface area contributed by atoms with Gasteiger partial charge in [-0.25, -0.2) is 4.79 Å². The fraction of sp³-hybridized carbons (Fsp3) is 0.278. The molecule has 0 spiro atoms. The summed E-state index contributed by atoms with van der Waals surface area (Å²) in [6.45, 7) is 4.73. The molecule has 2 N–H and O–H groups in total. The van der Waals surface area contributed by atoms with E-state index in [1.807, 2.05) is 13.8 Å². The molecule has 2 aromatic rings. The van der Waals surface area contributed by atoms with Gasteiger partial charge in [0.25, 0.3) is 0 Å². The lowest BCUT2D eigenvalue weighted by Crippen LogP contribution is -2.07. The highest BCUT2D eigenvalue weighted by molar-refractivity contribution is 6.30. The summed E-state index contributed by atoms with van der Waals surface area (Å²) < 4.78 is 11.0. The van der Waals surface area contributed by atoms with Crippen molar-refractivity contribution in [2.75, 3.05) is 19.0 Å². The lowest BCUT2D eigenvalue weighted by Gasteiger charge is -2.17. The fourth-order valence-corrected chi connectivity index (χ4v) is 2.58. The van der Waals surface area contributed by atoms with Crippen LogP contribution in [0, 0.1) is 6.92 Å². The van der Waals surface area contributed by atoms with Gasteiger partial charge in [0.15, 0.2) is 11.5 Å². The van der Waals surface area contributed by atoms with Gasteiger partial charge in [-0.15, -0.1) is 0 Å². The largest absolute Gasteiger partial charge is 0.493 e. The van der Waals surface area contributed by atoms with Gasteiger partial charge in [-0.2, -0.15) is 0 Å². The van der Waals surface area contributed by atoms with Gasteiger partial charge in [-0.05, 0) is 37.6 Å². The van der Waals surface area contributed by atoms with E-state index in [0.717, 1.165) is 16.8 Å². The first-order valence-electron chi connectivity index (χ1n) is 7.53. The Kier molecular flexibility index (Phi) is 5.93. The van der Waals surface area contributed by atoms with Crippen molar-refractivity contribution in [3.05, 3.63) is 52.0 Å². The average Bonchev–Trinajstić information content (AvgIpc) is 2.55. The van der Waals surface area contributed by atoms with Crippen molar-refractivity contribution in [1.82, 2.24) is 0 Å². The number of carboxylic acid groups (broad SMARTS) is 1. The molecule has 2 rings (SSSR count). The Balaban J connectivity index is 2.30. The van der Waals surface area contributed by atoms with Gasteiger partial charge in [0, 0.05) is 28.9 Å². The van der Waals surface area contributed by atoms with E-state index in [4.69, 9.17) is 26.2 Å². The molecule has 0 aromatic heterocycles. The van der Waals surface area contributed by atoms with Gasteiger partial charge in [-0.1, -0.05) is 17.7 Å². The van der Waals surface area contributed by atoms with E-state index < -0.39 is 5.97 Å². The molecule has 0 aliphatic heterocycles. The number of aryl methyl sites for hydroxylation is 1. The van der Waals surface area contributed by atoms with Crippen LogP contribution in [0.1, 0.15) is 28.4 Å². The molecule has 2 aromatic carbocycles. The third kappa shape index (κ3) is 4.11. The van der Waals surface area contributed by atoms with Crippen molar-refractivity contribution in [1.29, 1.82) is 0 Å². The highest BCUT2D eigenvalue weighted by atomic mass is 35.5. The molecule has 6 heteroatoms. The van der Waals surface area contributed by atoms with E-state index in [0.29, 0.717) is 29.7 Å². The predicted molar refractivity (Wildman–Crippen MR) is 94.6 cm³/mol. The van der Waals surface area contributed by atoms with E-state index >= 15 is 0 Å². The molecule has 0 atom stereocenters. The average molecular weight is 350 g/mol. The number of carbonyl (C=O) groups is 1. The SMILES string of the molecule is CCOc1c(CNc2cc(C(=O)O)ccc2C)cc(Cl)cc1OC. The number of halogens is 1. The van der Waals surface area contributed by atoms with Gasteiger partial charge in [0.2, 0.25) is 0 Å². The monoisotopic (exact) mass is 349 g/mol. The molecule has 0 aliphatic rings. The van der Waals surface area contributed by atoms with Crippen LogP contribution >= 0.6 is 11.6 Å². The first kappa shape index (κ1) is 17.9. The molecule has 0 bridgehead atoms. The summed E-state index contributed by atoms with van der Waals surface area (Å²) in [5.74, 6) is 0.235. The number of anilines is 1. The molecule has 128 valence electrons. The number of carboxylic acids is 1. The number of nitrogens with one attached hydrogen (secondary N) is 1. The molecule has 24 heavy (non-hydrogen) atoms. The van der Waals surface area contributed by atoms with Crippen LogP contribution in [0.25, 0.3) is 0 Å². The van der Waals surface area contributed by atoms with E-state index in [-0.39, 0.29) is 5.56 Å². The Hall–Kier alpha value is -2.40. The summed E-state index contributed by atoms with van der Waals surface area (Å²) >= 11 is 6.14. The molecular weight excluding hydrogens is 330 g/mol. The molecule has 0 fully saturated rings. The summed E-state index contributed by atoms with van der Waals surface area (Å²) in [5, 5.41) is 12.9. The van der Waals surface area contributed by atoms with Gasteiger partial charge >= 0.3 is 5.97 Å². The summed E-state index contributed by atoms with van der Waals surface area (Å²) in [4.78, 5) is 11.1. The Morgan fingerprint density at radius 2 is 2.04 bits per heavy atom. The predicted octanol–water partition coefficient (Wildman–Crippen LogP) is 4.37. The standard InChI is InChI=1S/C18H20ClNO4/c1-4-24-17-13(7-14(19)9-16(17)23-3)10-20-15-8-12(18(21)22)6-5-11(15)2/h5-9,20H,4,10H2,1-3H3,(H,21,22). The van der Waals surface area contributed by atoms with Crippen LogP contribution in [0.15, 0.2) is 30.3 Å². The zero-order valence-electron chi connectivity index (χ0n) is 13.9. The van der Waals surface area contributed by atoms with Crippen LogP contribution in [0.5, 0.6) is 11.5 Å². The van der Waals surface area contributed by atoms with Gasteiger partial charge in [-0.3, -0.25) is 0 Å². The highest BCUT2D eigenvalue weighted by Gasteiger charge is 2.13. The minimum atomic E-state index is -0.961. The molecule has 0 radical (unpaired) electrons. The second-order valence-corrected chi connectivity index (χ2v) is 5.65. The molecule has 0 heterocycles. The third-order valence-corrected chi connectivity index (χ3v) is 3.78. The van der Waals surface area contributed by atoms with E-state index in [1.165, 1.54) is 0 Å². The smallest absolute Gasteiger partial charge is 0.335 e. The van der Waals surface area contributed by atoms with Crippen LogP contribution in [0.3, 0.4) is 0 Å². The Labute approximate surface area is 146 Å². The first-order chi connectivity index (χ1) is 11.5. The molecule has 0 amide bonds. The second kappa shape index (κ2) is 7.93. The highest BCUT2D eigenvalue weighted by Crippen LogP contribution is 2.35. The summed E-state index contributed by atoms with van der Waals surface area (Å²) in [5.41, 5.74) is 2.77. The third-order valence-electron chi connectivity index (χ3n) is 3.56. The Bertz CT molecular complexity index is 746. The molecule has 0 aliphatic carbocycles. The number of rotatable bonds is 7. The Morgan fingerprint density at radius 3 is 2.67 bits per heavy atom. The van der Waals surface area contributed by atoms with Crippen molar-refractivity contribution in [2.24, 2.45) is 0 Å². The normalized spacial score (nSPS) is 10.3. The number of methoxy groups -OCH3 is 1. The number of hydrogen-bond donors (Lipinski definition) is 2. The quantitative estimate of drug-likeness (QED) is 0.777. The zero-order chi connectivity index (χ0) is 17.7. The van der Waals surface area contributed by atoms with Crippen molar-refractivity contribution in [3.8, 4) is 11.5 Å². The van der Waals surface area contributed by atoms with E-state index in [9.17, 15) is 4.79 Å². The molecule has 0 saturated heterocycles. The van der Waals surface area contributed by atoms with Gasteiger partial charge < -0.3 is 19.9 Å². The maximum absolute atomic E-state index is 11.1. The zero-order valence-corrected chi connectivity index (χ0v) is 14.6. The maximum atomic E-state index is 11.1. The van der Waals surface area contributed by atoms with E-state index in [2.05, 4.69) is 5.32 Å². The number of aromatic carboxylic acids is 1. The van der Waals surface area contributed by atoms with Crippen molar-refractivity contribution >= 4 is 23.3 Å². The fourth-order valence-electron chi connectivity index (χ4n) is 2.35. The van der Waals surface area contributed by atoms with Crippen LogP contribution in [0.2, 0.25) is 5.02 Å². The summed E-state index contributed by atoms with van der Waals surface area (Å²) in [6, 6.07) is 8.47. The van der Waals surface area contributed by atoms with Crippen LogP contribution < -0.4 is 14.8 Å². The lowest BCUT2D eigenvalue weighted by molar-refractivity contribution is 0.0697. The summed E-state index contributed by atoms with van der Waals surface area (Å²) in [6.07, 6.45) is 0.